The average Bonchev–Trinajstić information content (AvgIpc) is 1.99. The Morgan fingerprint density at radius 2 is 2.00 bits per heavy atom. The topological polar surface area (TPSA) is 81.0 Å². The highest BCUT2D eigenvalue weighted by Crippen LogP contribution is 2.30. The maximum absolute atomic E-state index is 10.7. The van der Waals surface area contributed by atoms with Crippen LogP contribution in [-0.2, 0) is 0 Å². The lowest BCUT2D eigenvalue weighted by Gasteiger charge is -2.09. The molecule has 0 atom stereocenters. The molecular weight excluding hydrogens is 243 g/mol. The molecule has 0 aromatic carbocycles. The Bertz CT molecular complexity index is 397. The summed E-state index contributed by atoms with van der Waals surface area (Å²) in [6.07, 6.45) is 0. The molecule has 1 aromatic heterocycles. The molecule has 0 saturated carbocycles. The molecule has 15 heavy (non-hydrogen) atoms. The molecule has 0 aliphatic carbocycles. The second-order valence-electron chi connectivity index (χ2n) is 3.04. The van der Waals surface area contributed by atoms with E-state index in [9.17, 15) is 10.1 Å². The average molecular weight is 251 g/mol. The Morgan fingerprint density at radius 3 is 2.47 bits per heavy atom. The third-order valence-electron chi connectivity index (χ3n) is 1.42. The van der Waals surface area contributed by atoms with E-state index in [1.165, 1.54) is 0 Å². The first-order valence-corrected chi connectivity index (χ1v) is 4.81. The number of nitro groups is 1. The van der Waals surface area contributed by atoms with E-state index in [1.807, 2.05) is 13.8 Å². The highest BCUT2D eigenvalue weighted by molar-refractivity contribution is 6.33. The van der Waals surface area contributed by atoms with Gasteiger partial charge in [-0.2, -0.15) is 9.97 Å². The minimum absolute atomic E-state index is 0.0225. The van der Waals surface area contributed by atoms with Crippen molar-refractivity contribution in [3.8, 4) is 0 Å². The molecule has 0 saturated heterocycles. The third-order valence-corrected chi connectivity index (χ3v) is 1.85. The molecule has 6 nitrogen and oxygen atoms in total. The van der Waals surface area contributed by atoms with Crippen LogP contribution in [0.1, 0.15) is 13.8 Å². The summed E-state index contributed by atoms with van der Waals surface area (Å²) in [4.78, 5) is 17.3. The minimum Gasteiger partial charge on any atom is -0.362 e. The van der Waals surface area contributed by atoms with Crippen LogP contribution in [-0.4, -0.2) is 20.9 Å². The maximum atomic E-state index is 10.7. The van der Waals surface area contributed by atoms with Crippen LogP contribution in [0.3, 0.4) is 0 Å². The van der Waals surface area contributed by atoms with E-state index >= 15 is 0 Å². The van der Waals surface area contributed by atoms with Gasteiger partial charge in [-0.25, -0.2) is 0 Å². The van der Waals surface area contributed by atoms with Gasteiger partial charge in [0.05, 0.1) is 4.92 Å². The number of halogens is 2. The van der Waals surface area contributed by atoms with Gasteiger partial charge in [-0.3, -0.25) is 10.1 Å². The molecule has 0 fully saturated rings. The number of nitrogens with zero attached hydrogens (tertiary/aromatic N) is 3. The zero-order valence-corrected chi connectivity index (χ0v) is 9.50. The molecule has 0 bridgehead atoms. The molecule has 0 unspecified atom stereocenters. The Kier molecular flexibility index (Phi) is 3.65. The van der Waals surface area contributed by atoms with Crippen molar-refractivity contribution in [2.24, 2.45) is 0 Å². The normalized spacial score (nSPS) is 10.5. The van der Waals surface area contributed by atoms with Crippen LogP contribution >= 0.6 is 23.2 Å². The summed E-state index contributed by atoms with van der Waals surface area (Å²) in [5.41, 5.74) is -0.366. The van der Waals surface area contributed by atoms with Crippen molar-refractivity contribution in [2.45, 2.75) is 19.9 Å². The molecule has 0 radical (unpaired) electrons. The van der Waals surface area contributed by atoms with E-state index in [4.69, 9.17) is 23.2 Å². The summed E-state index contributed by atoms with van der Waals surface area (Å²) in [6, 6.07) is -0.0225. The second-order valence-corrected chi connectivity index (χ2v) is 3.73. The van der Waals surface area contributed by atoms with Gasteiger partial charge < -0.3 is 5.32 Å². The Balaban J connectivity index is 3.27. The van der Waals surface area contributed by atoms with Crippen LogP contribution in [0.4, 0.5) is 11.5 Å². The maximum Gasteiger partial charge on any atom is 0.348 e. The lowest BCUT2D eigenvalue weighted by atomic mass is 10.4. The van der Waals surface area contributed by atoms with Gasteiger partial charge in [0.15, 0.2) is 0 Å². The molecule has 1 N–H and O–H groups in total. The summed E-state index contributed by atoms with van der Waals surface area (Å²) >= 11 is 11.1. The van der Waals surface area contributed by atoms with Crippen molar-refractivity contribution in [3.05, 3.63) is 20.6 Å². The molecule has 0 aliphatic heterocycles. The number of aromatic nitrogens is 2. The van der Waals surface area contributed by atoms with Crippen LogP contribution in [0, 0.1) is 10.1 Å². The van der Waals surface area contributed by atoms with Crippen molar-refractivity contribution in [1.29, 1.82) is 0 Å². The lowest BCUT2D eigenvalue weighted by Crippen LogP contribution is -2.13. The predicted octanol–water partition coefficient (Wildman–Crippen LogP) is 2.51. The number of rotatable bonds is 3. The standard InChI is InChI=1S/C7H8Cl2N4O2/c1-3(2)10-6-4(13(14)15)5(8)11-7(9)12-6/h3H,1-2H3,(H,10,11,12). The largest absolute Gasteiger partial charge is 0.362 e. The van der Waals surface area contributed by atoms with Crippen LogP contribution in [0.2, 0.25) is 10.4 Å². The quantitative estimate of drug-likeness (QED) is 0.386. The molecule has 0 spiro atoms. The monoisotopic (exact) mass is 250 g/mol. The SMILES string of the molecule is CC(C)Nc1nc(Cl)nc(Cl)c1[N+](=O)[O-]. The Morgan fingerprint density at radius 1 is 1.40 bits per heavy atom. The minimum atomic E-state index is -0.649. The number of hydrogen-bond acceptors (Lipinski definition) is 5. The summed E-state index contributed by atoms with van der Waals surface area (Å²) in [7, 11) is 0. The van der Waals surface area contributed by atoms with E-state index in [0.29, 0.717) is 0 Å². The molecule has 0 aliphatic rings. The highest BCUT2D eigenvalue weighted by Gasteiger charge is 2.23. The first-order chi connectivity index (χ1) is 6.91. The van der Waals surface area contributed by atoms with E-state index in [2.05, 4.69) is 15.3 Å². The molecule has 1 aromatic rings. The van der Waals surface area contributed by atoms with Crippen LogP contribution in [0.25, 0.3) is 0 Å². The first kappa shape index (κ1) is 11.9. The second kappa shape index (κ2) is 4.59. The van der Waals surface area contributed by atoms with Crippen LogP contribution in [0.15, 0.2) is 0 Å². The predicted molar refractivity (Wildman–Crippen MR) is 57.5 cm³/mol. The van der Waals surface area contributed by atoms with Gasteiger partial charge in [-0.1, -0.05) is 11.6 Å². The summed E-state index contributed by atoms with van der Waals surface area (Å²) in [5.74, 6) is 0.0278. The van der Waals surface area contributed by atoms with Gasteiger partial charge >= 0.3 is 5.69 Å². The van der Waals surface area contributed by atoms with Gasteiger partial charge in [-0.05, 0) is 25.4 Å². The summed E-state index contributed by atoms with van der Waals surface area (Å²) in [6.45, 7) is 3.63. The fraction of sp³-hybridized carbons (Fsp3) is 0.429. The van der Waals surface area contributed by atoms with Crippen molar-refractivity contribution < 1.29 is 4.92 Å². The van der Waals surface area contributed by atoms with Crippen molar-refractivity contribution in [3.63, 3.8) is 0 Å². The first-order valence-electron chi connectivity index (χ1n) is 4.05. The molecule has 1 heterocycles. The zero-order valence-electron chi connectivity index (χ0n) is 7.99. The van der Waals surface area contributed by atoms with Crippen molar-refractivity contribution >= 4 is 34.7 Å². The number of anilines is 1. The highest BCUT2D eigenvalue weighted by atomic mass is 35.5. The summed E-state index contributed by atoms with van der Waals surface area (Å²) in [5, 5.41) is 13.1. The van der Waals surface area contributed by atoms with Crippen LogP contribution < -0.4 is 5.32 Å². The van der Waals surface area contributed by atoms with Gasteiger partial charge in [0.25, 0.3) is 0 Å². The smallest absolute Gasteiger partial charge is 0.348 e. The van der Waals surface area contributed by atoms with Crippen molar-refractivity contribution in [1.82, 2.24) is 9.97 Å². The van der Waals surface area contributed by atoms with Gasteiger partial charge in [-0.15, -0.1) is 0 Å². The molecular formula is C7H8Cl2N4O2. The number of nitrogens with one attached hydrogen (secondary N) is 1. The Labute approximate surface area is 95.8 Å². The van der Waals surface area contributed by atoms with Gasteiger partial charge in [0.2, 0.25) is 16.3 Å². The van der Waals surface area contributed by atoms with E-state index in [1.54, 1.807) is 0 Å². The van der Waals surface area contributed by atoms with Gasteiger partial charge in [0, 0.05) is 6.04 Å². The van der Waals surface area contributed by atoms with Crippen LogP contribution in [0.5, 0.6) is 0 Å². The fourth-order valence-corrected chi connectivity index (χ4v) is 1.39. The van der Waals surface area contributed by atoms with E-state index < -0.39 is 4.92 Å². The van der Waals surface area contributed by atoms with Crippen molar-refractivity contribution in [2.75, 3.05) is 5.32 Å². The molecule has 0 amide bonds. The van der Waals surface area contributed by atoms with Gasteiger partial charge in [0.1, 0.15) is 0 Å². The summed E-state index contributed by atoms with van der Waals surface area (Å²) < 4.78 is 0. The molecule has 8 heteroatoms. The zero-order chi connectivity index (χ0) is 11.6. The lowest BCUT2D eigenvalue weighted by molar-refractivity contribution is -0.384. The molecule has 1 rings (SSSR count). The molecule has 82 valence electrons. The number of hydrogen-bond donors (Lipinski definition) is 1. The Hall–Kier alpha value is -1.14. The third kappa shape index (κ3) is 2.90. The fourth-order valence-electron chi connectivity index (χ4n) is 0.938. The van der Waals surface area contributed by atoms with E-state index in [-0.39, 0.29) is 28.0 Å². The van der Waals surface area contributed by atoms with E-state index in [0.717, 1.165) is 0 Å².